The number of phenols is 1. The second kappa shape index (κ2) is 15.2. The molecule has 1 aliphatic rings. The number of allylic oxidation sites excluding steroid dienone is 2. The van der Waals surface area contributed by atoms with E-state index in [4.69, 9.17) is 18.9 Å². The van der Waals surface area contributed by atoms with E-state index in [2.05, 4.69) is 15.9 Å². The molecule has 12 heteroatoms. The van der Waals surface area contributed by atoms with Crippen molar-refractivity contribution in [2.45, 2.75) is 82.3 Å². The Hall–Kier alpha value is -5.23. The fourth-order valence-electron chi connectivity index (χ4n) is 6.10. The maximum absolute atomic E-state index is 13.7. The van der Waals surface area contributed by atoms with Gasteiger partial charge in [-0.05, 0) is 154 Å². The van der Waals surface area contributed by atoms with Crippen LogP contribution in [0.2, 0.25) is 0 Å². The summed E-state index contributed by atoms with van der Waals surface area (Å²) >= 11 is 3.27. The number of carboxylic acids is 1. The molecule has 2 N–H and O–H groups in total. The number of ether oxygens (including phenoxy) is 4. The summed E-state index contributed by atoms with van der Waals surface area (Å²) in [6.45, 7) is 18.5. The van der Waals surface area contributed by atoms with Gasteiger partial charge in [-0.3, -0.25) is 9.59 Å². The molecule has 0 saturated carbocycles. The van der Waals surface area contributed by atoms with Crippen LogP contribution in [0.15, 0.2) is 34.5 Å². The number of carbonyl (C=O) groups excluding carboxylic acids is 4. The summed E-state index contributed by atoms with van der Waals surface area (Å²) in [7, 11) is 0. The molecule has 274 valence electrons. The van der Waals surface area contributed by atoms with Crippen molar-refractivity contribution in [3.63, 3.8) is 0 Å². The van der Waals surface area contributed by atoms with E-state index in [0.29, 0.717) is 44.5 Å². The van der Waals surface area contributed by atoms with Crippen LogP contribution in [-0.2, 0) is 14.3 Å². The number of aromatic carboxylic acids is 1. The SMILES string of the molecule is Cc1cc(OC(=O)c2c(C)c(C)c(OC(=O)C3C=CC(=O)C=C3OC(C)C)c(Br)c2O)c(C)c(C)c1C(=O)Oc1c(C)c(C)c(C(=O)O)c(C)c1C. The summed E-state index contributed by atoms with van der Waals surface area (Å²) in [5.41, 5.74) is 4.39. The normalized spacial score (nSPS) is 13.9. The quantitative estimate of drug-likeness (QED) is 0.160. The first-order valence-corrected chi connectivity index (χ1v) is 17.2. The zero-order valence-corrected chi connectivity index (χ0v) is 32.5. The van der Waals surface area contributed by atoms with Crippen molar-refractivity contribution in [3.8, 4) is 23.0 Å². The summed E-state index contributed by atoms with van der Waals surface area (Å²) in [6.07, 6.45) is 3.54. The van der Waals surface area contributed by atoms with Crippen LogP contribution in [0.1, 0.15) is 95.0 Å². The zero-order valence-electron chi connectivity index (χ0n) is 30.9. The van der Waals surface area contributed by atoms with Gasteiger partial charge in [0, 0.05) is 6.08 Å². The molecule has 3 aromatic carbocycles. The Labute approximate surface area is 310 Å². The molecule has 0 amide bonds. The average molecular weight is 778 g/mol. The van der Waals surface area contributed by atoms with Gasteiger partial charge >= 0.3 is 23.9 Å². The maximum atomic E-state index is 13.7. The molecule has 4 rings (SSSR count). The van der Waals surface area contributed by atoms with Gasteiger partial charge in [0.1, 0.15) is 39.0 Å². The fraction of sp³-hybridized carbons (Fsp3) is 0.325. The fourth-order valence-corrected chi connectivity index (χ4v) is 6.68. The van der Waals surface area contributed by atoms with Gasteiger partial charge in [0.05, 0.1) is 17.2 Å². The van der Waals surface area contributed by atoms with Gasteiger partial charge in [-0.1, -0.05) is 6.08 Å². The highest BCUT2D eigenvalue weighted by molar-refractivity contribution is 9.10. The second-order valence-corrected chi connectivity index (χ2v) is 13.9. The monoisotopic (exact) mass is 776 g/mol. The summed E-state index contributed by atoms with van der Waals surface area (Å²) in [6, 6.07) is 1.53. The number of aromatic hydroxyl groups is 1. The number of phenolic OH excluding ortho intramolecular Hbond substituents is 1. The largest absolute Gasteiger partial charge is 0.506 e. The number of benzene rings is 3. The van der Waals surface area contributed by atoms with Crippen molar-refractivity contribution in [3.05, 3.63) is 101 Å². The van der Waals surface area contributed by atoms with E-state index in [1.165, 1.54) is 24.3 Å². The number of rotatable bonds is 9. The third-order valence-electron chi connectivity index (χ3n) is 9.42. The minimum atomic E-state index is -1.06. The van der Waals surface area contributed by atoms with Gasteiger partial charge in [-0.25, -0.2) is 14.4 Å². The summed E-state index contributed by atoms with van der Waals surface area (Å²) in [5, 5.41) is 20.9. The van der Waals surface area contributed by atoms with Crippen molar-refractivity contribution >= 4 is 45.6 Å². The molecular formula is C40H41BrO11. The zero-order chi connectivity index (χ0) is 39.1. The summed E-state index contributed by atoms with van der Waals surface area (Å²) < 4.78 is 23.0. The predicted molar refractivity (Wildman–Crippen MR) is 196 cm³/mol. The molecule has 1 unspecified atom stereocenters. The number of hydrogen-bond donors (Lipinski definition) is 2. The number of ketones is 1. The van der Waals surface area contributed by atoms with Gasteiger partial charge in [0.25, 0.3) is 0 Å². The number of aryl methyl sites for hydroxylation is 1. The Bertz CT molecular complexity index is 2080. The molecule has 0 aliphatic heterocycles. The number of halogens is 1. The third-order valence-corrected chi connectivity index (χ3v) is 10.2. The first-order chi connectivity index (χ1) is 24.2. The highest BCUT2D eigenvalue weighted by Gasteiger charge is 2.32. The third kappa shape index (κ3) is 7.38. The van der Waals surface area contributed by atoms with Crippen LogP contribution in [0.3, 0.4) is 0 Å². The van der Waals surface area contributed by atoms with Crippen LogP contribution >= 0.6 is 15.9 Å². The molecule has 3 aromatic rings. The van der Waals surface area contributed by atoms with Crippen molar-refractivity contribution in [1.82, 2.24) is 0 Å². The van der Waals surface area contributed by atoms with E-state index >= 15 is 0 Å². The van der Waals surface area contributed by atoms with Crippen LogP contribution in [0.25, 0.3) is 0 Å². The summed E-state index contributed by atoms with van der Waals surface area (Å²) in [5.74, 6) is -4.69. The molecule has 52 heavy (non-hydrogen) atoms. The lowest BCUT2D eigenvalue weighted by Gasteiger charge is -2.23. The average Bonchev–Trinajstić information content (AvgIpc) is 3.05. The standard InChI is InChI=1S/C40H41BrO11/c1-16(2)49-29-15-26(42)12-13-27(29)38(46)52-36-25(11)22(8)32(34(43)33(36)41)40(48)50-28-14-17(3)30(19(5)18(28)4)39(47)51-35-23(9)20(6)31(37(44)45)21(7)24(35)10/h12-16,27,43H,1-11H3,(H,44,45). The minimum Gasteiger partial charge on any atom is -0.506 e. The van der Waals surface area contributed by atoms with Gasteiger partial charge in [0.2, 0.25) is 0 Å². The first-order valence-electron chi connectivity index (χ1n) is 16.4. The Balaban J connectivity index is 1.63. The van der Waals surface area contributed by atoms with Gasteiger partial charge in [-0.2, -0.15) is 0 Å². The van der Waals surface area contributed by atoms with Gasteiger partial charge < -0.3 is 29.2 Å². The van der Waals surface area contributed by atoms with Crippen LogP contribution in [-0.4, -0.2) is 46.0 Å². The lowest BCUT2D eigenvalue weighted by Crippen LogP contribution is -2.26. The topological polar surface area (TPSA) is 163 Å². The van der Waals surface area contributed by atoms with E-state index in [1.54, 1.807) is 76.2 Å². The Morgan fingerprint density at radius 2 is 1.23 bits per heavy atom. The molecule has 0 spiro atoms. The molecule has 0 heterocycles. The van der Waals surface area contributed by atoms with Crippen LogP contribution < -0.4 is 14.2 Å². The van der Waals surface area contributed by atoms with Crippen LogP contribution in [0, 0.1) is 68.2 Å². The Kier molecular flexibility index (Phi) is 11.5. The highest BCUT2D eigenvalue weighted by Crippen LogP contribution is 2.43. The number of carbonyl (C=O) groups is 5. The van der Waals surface area contributed by atoms with Crippen molar-refractivity contribution in [2.75, 3.05) is 0 Å². The van der Waals surface area contributed by atoms with E-state index in [9.17, 15) is 34.2 Å². The van der Waals surface area contributed by atoms with E-state index in [1.807, 2.05) is 0 Å². The molecular weight excluding hydrogens is 736 g/mol. The molecule has 0 radical (unpaired) electrons. The number of esters is 3. The molecule has 0 aromatic heterocycles. The first kappa shape index (κ1) is 39.6. The Morgan fingerprint density at radius 1 is 0.712 bits per heavy atom. The lowest BCUT2D eigenvalue weighted by atomic mass is 9.93. The maximum Gasteiger partial charge on any atom is 0.347 e. The number of carboxylic acid groups (broad SMARTS) is 1. The highest BCUT2D eigenvalue weighted by atomic mass is 79.9. The van der Waals surface area contributed by atoms with E-state index in [-0.39, 0.29) is 61.6 Å². The van der Waals surface area contributed by atoms with Crippen molar-refractivity contribution in [2.24, 2.45) is 5.92 Å². The molecule has 0 fully saturated rings. The van der Waals surface area contributed by atoms with Crippen molar-refractivity contribution < 1.29 is 53.1 Å². The number of hydrogen-bond acceptors (Lipinski definition) is 10. The lowest BCUT2D eigenvalue weighted by molar-refractivity contribution is -0.137. The molecule has 11 nitrogen and oxygen atoms in total. The van der Waals surface area contributed by atoms with Crippen LogP contribution in [0.4, 0.5) is 0 Å². The smallest absolute Gasteiger partial charge is 0.347 e. The molecule has 1 atom stereocenters. The summed E-state index contributed by atoms with van der Waals surface area (Å²) in [4.78, 5) is 64.3. The van der Waals surface area contributed by atoms with E-state index < -0.39 is 35.5 Å². The van der Waals surface area contributed by atoms with Crippen molar-refractivity contribution in [1.29, 1.82) is 0 Å². The van der Waals surface area contributed by atoms with E-state index in [0.717, 1.165) is 0 Å². The Morgan fingerprint density at radius 3 is 1.79 bits per heavy atom. The molecule has 0 bridgehead atoms. The predicted octanol–water partition coefficient (Wildman–Crippen LogP) is 8.04. The second-order valence-electron chi connectivity index (χ2n) is 13.1. The minimum absolute atomic E-state index is 0.0232. The van der Waals surface area contributed by atoms with Gasteiger partial charge in [-0.15, -0.1) is 0 Å². The molecule has 0 saturated heterocycles. The molecule has 1 aliphatic carbocycles. The van der Waals surface area contributed by atoms with Gasteiger partial charge in [0.15, 0.2) is 11.5 Å². The van der Waals surface area contributed by atoms with Crippen LogP contribution in [0.5, 0.6) is 23.0 Å².